The molecule has 2 aromatic rings. The molecule has 0 spiro atoms. The number of furan rings is 1. The average Bonchev–Trinajstić information content (AvgIpc) is 2.96. The Morgan fingerprint density at radius 3 is 2.08 bits per heavy atom. The maximum atomic E-state index is 12.1. The molecule has 0 aliphatic carbocycles. The van der Waals surface area contributed by atoms with Crippen LogP contribution in [-0.2, 0) is 9.53 Å². The van der Waals surface area contributed by atoms with E-state index in [0.29, 0.717) is 40.0 Å². The lowest BCUT2D eigenvalue weighted by Crippen LogP contribution is -2.21. The van der Waals surface area contributed by atoms with Crippen molar-refractivity contribution in [2.75, 3.05) is 33.3 Å². The van der Waals surface area contributed by atoms with E-state index in [2.05, 4.69) is 5.32 Å². The molecular formula is C18H21NO7. The van der Waals surface area contributed by atoms with Crippen LogP contribution >= 0.6 is 0 Å². The number of nitrogens with one attached hydrogen (secondary N) is 1. The van der Waals surface area contributed by atoms with Crippen LogP contribution in [-0.4, -0.2) is 39.8 Å². The molecule has 0 aliphatic rings. The molecule has 1 heterocycles. The predicted octanol–water partition coefficient (Wildman–Crippen LogP) is 2.72. The van der Waals surface area contributed by atoms with Crippen molar-refractivity contribution < 1.29 is 33.0 Å². The van der Waals surface area contributed by atoms with Gasteiger partial charge in [0.05, 0.1) is 21.3 Å². The zero-order valence-electron chi connectivity index (χ0n) is 15.3. The predicted molar refractivity (Wildman–Crippen MR) is 93.2 cm³/mol. The van der Waals surface area contributed by atoms with Crippen LogP contribution < -0.4 is 19.5 Å². The van der Waals surface area contributed by atoms with Crippen molar-refractivity contribution in [3.8, 4) is 17.2 Å². The van der Waals surface area contributed by atoms with Crippen molar-refractivity contribution in [2.24, 2.45) is 0 Å². The van der Waals surface area contributed by atoms with Gasteiger partial charge in [0, 0.05) is 17.8 Å². The SMILES string of the molecule is COc1cc(NC(=O)COC(=O)c2cc(C)oc2C)cc(OC)c1OC. The van der Waals surface area contributed by atoms with E-state index in [-0.39, 0.29) is 0 Å². The number of hydrogen-bond donors (Lipinski definition) is 1. The molecule has 0 saturated carbocycles. The Bertz CT molecular complexity index is 785. The second kappa shape index (κ2) is 8.28. The summed E-state index contributed by atoms with van der Waals surface area (Å²) in [4.78, 5) is 24.1. The first-order chi connectivity index (χ1) is 12.4. The molecular weight excluding hydrogens is 342 g/mol. The number of aryl methyl sites for hydroxylation is 2. The van der Waals surface area contributed by atoms with E-state index in [9.17, 15) is 9.59 Å². The number of methoxy groups -OCH3 is 3. The summed E-state index contributed by atoms with van der Waals surface area (Å²) < 4.78 is 25.9. The number of carbonyl (C=O) groups excluding carboxylic acids is 2. The van der Waals surface area contributed by atoms with Gasteiger partial charge in [-0.25, -0.2) is 4.79 Å². The lowest BCUT2D eigenvalue weighted by Gasteiger charge is -2.14. The number of benzene rings is 1. The highest BCUT2D eigenvalue weighted by Crippen LogP contribution is 2.39. The highest BCUT2D eigenvalue weighted by atomic mass is 16.5. The number of ether oxygens (including phenoxy) is 4. The molecule has 0 atom stereocenters. The molecule has 1 N–H and O–H groups in total. The summed E-state index contributed by atoms with van der Waals surface area (Å²) >= 11 is 0. The van der Waals surface area contributed by atoms with Gasteiger partial charge in [-0.3, -0.25) is 4.79 Å². The molecule has 26 heavy (non-hydrogen) atoms. The van der Waals surface area contributed by atoms with Crippen LogP contribution in [0.5, 0.6) is 17.2 Å². The smallest absolute Gasteiger partial charge is 0.342 e. The molecule has 140 valence electrons. The fraction of sp³-hybridized carbons (Fsp3) is 0.333. The van der Waals surface area contributed by atoms with Gasteiger partial charge in [-0.05, 0) is 19.9 Å². The molecule has 2 rings (SSSR count). The summed E-state index contributed by atoms with van der Waals surface area (Å²) in [5.74, 6) is 1.09. The van der Waals surface area contributed by atoms with Gasteiger partial charge in [0.15, 0.2) is 18.1 Å². The van der Waals surface area contributed by atoms with E-state index in [4.69, 9.17) is 23.4 Å². The minimum absolute atomic E-state index is 0.295. The van der Waals surface area contributed by atoms with E-state index >= 15 is 0 Å². The van der Waals surface area contributed by atoms with Crippen LogP contribution in [0.25, 0.3) is 0 Å². The molecule has 0 unspecified atom stereocenters. The molecule has 1 aromatic heterocycles. The normalized spacial score (nSPS) is 10.2. The van der Waals surface area contributed by atoms with Crippen LogP contribution in [0.3, 0.4) is 0 Å². The van der Waals surface area contributed by atoms with Crippen molar-refractivity contribution in [1.82, 2.24) is 0 Å². The minimum atomic E-state index is -0.626. The summed E-state index contributed by atoms with van der Waals surface area (Å²) in [7, 11) is 4.43. The van der Waals surface area contributed by atoms with Gasteiger partial charge in [0.2, 0.25) is 5.75 Å². The number of amides is 1. The third-order valence-corrected chi connectivity index (χ3v) is 3.54. The molecule has 1 amide bonds. The second-order valence-corrected chi connectivity index (χ2v) is 5.37. The third-order valence-electron chi connectivity index (χ3n) is 3.54. The number of hydrogen-bond acceptors (Lipinski definition) is 7. The lowest BCUT2D eigenvalue weighted by atomic mass is 10.2. The van der Waals surface area contributed by atoms with E-state index in [1.807, 2.05) is 0 Å². The molecule has 0 aliphatic heterocycles. The Balaban J connectivity index is 2.03. The van der Waals surface area contributed by atoms with Crippen LogP contribution in [0.1, 0.15) is 21.9 Å². The molecule has 0 fully saturated rings. The molecule has 8 heteroatoms. The molecule has 0 radical (unpaired) electrons. The minimum Gasteiger partial charge on any atom is -0.493 e. The largest absolute Gasteiger partial charge is 0.493 e. The second-order valence-electron chi connectivity index (χ2n) is 5.37. The summed E-state index contributed by atoms with van der Waals surface area (Å²) in [6.45, 7) is 2.93. The van der Waals surface area contributed by atoms with Gasteiger partial charge in [0.1, 0.15) is 17.1 Å². The molecule has 1 aromatic carbocycles. The zero-order chi connectivity index (χ0) is 19.3. The first kappa shape index (κ1) is 19.2. The summed E-state index contributed by atoms with van der Waals surface area (Å²) in [5.41, 5.74) is 0.707. The number of carbonyl (C=O) groups is 2. The van der Waals surface area contributed by atoms with Gasteiger partial charge >= 0.3 is 5.97 Å². The first-order valence-corrected chi connectivity index (χ1v) is 7.73. The average molecular weight is 363 g/mol. The fourth-order valence-corrected chi connectivity index (χ4v) is 2.39. The number of rotatable bonds is 7. The standard InChI is InChI=1S/C18H21NO7/c1-10-6-13(11(2)26-10)18(21)25-9-16(20)19-12-7-14(22-3)17(24-5)15(8-12)23-4/h6-8H,9H2,1-5H3,(H,19,20). The lowest BCUT2D eigenvalue weighted by molar-refractivity contribution is -0.119. The van der Waals surface area contributed by atoms with E-state index < -0.39 is 18.5 Å². The topological polar surface area (TPSA) is 96.2 Å². The summed E-state index contributed by atoms with van der Waals surface area (Å²) in [5, 5.41) is 2.61. The van der Waals surface area contributed by atoms with Gasteiger partial charge < -0.3 is 28.7 Å². The zero-order valence-corrected chi connectivity index (χ0v) is 15.3. The Morgan fingerprint density at radius 1 is 1.00 bits per heavy atom. The molecule has 0 bridgehead atoms. The Hall–Kier alpha value is -3.16. The number of anilines is 1. The first-order valence-electron chi connectivity index (χ1n) is 7.73. The Morgan fingerprint density at radius 2 is 1.62 bits per heavy atom. The van der Waals surface area contributed by atoms with Crippen molar-refractivity contribution >= 4 is 17.6 Å². The van der Waals surface area contributed by atoms with Gasteiger partial charge in [-0.2, -0.15) is 0 Å². The summed E-state index contributed by atoms with van der Waals surface area (Å²) in [6, 6.07) is 4.71. The fourth-order valence-electron chi connectivity index (χ4n) is 2.39. The van der Waals surface area contributed by atoms with Crippen molar-refractivity contribution in [1.29, 1.82) is 0 Å². The maximum Gasteiger partial charge on any atom is 0.342 e. The highest BCUT2D eigenvalue weighted by Gasteiger charge is 2.18. The van der Waals surface area contributed by atoms with Crippen LogP contribution in [0.4, 0.5) is 5.69 Å². The molecule has 8 nitrogen and oxygen atoms in total. The quantitative estimate of drug-likeness (QED) is 0.756. The Kier molecular flexibility index (Phi) is 6.11. The highest BCUT2D eigenvalue weighted by molar-refractivity contribution is 5.96. The van der Waals surface area contributed by atoms with Crippen molar-refractivity contribution in [2.45, 2.75) is 13.8 Å². The van der Waals surface area contributed by atoms with Gasteiger partial charge in [-0.1, -0.05) is 0 Å². The number of esters is 1. The van der Waals surface area contributed by atoms with E-state index in [0.717, 1.165) is 0 Å². The monoisotopic (exact) mass is 363 g/mol. The Labute approximate surface area is 151 Å². The summed E-state index contributed by atoms with van der Waals surface area (Å²) in [6.07, 6.45) is 0. The maximum absolute atomic E-state index is 12.1. The van der Waals surface area contributed by atoms with Crippen LogP contribution in [0, 0.1) is 13.8 Å². The van der Waals surface area contributed by atoms with Gasteiger partial charge in [-0.15, -0.1) is 0 Å². The van der Waals surface area contributed by atoms with Crippen molar-refractivity contribution in [3.63, 3.8) is 0 Å². The van der Waals surface area contributed by atoms with Crippen LogP contribution in [0.2, 0.25) is 0 Å². The van der Waals surface area contributed by atoms with Gasteiger partial charge in [0.25, 0.3) is 5.91 Å². The van der Waals surface area contributed by atoms with Crippen LogP contribution in [0.15, 0.2) is 22.6 Å². The van der Waals surface area contributed by atoms with E-state index in [1.54, 1.807) is 32.0 Å². The van der Waals surface area contributed by atoms with E-state index in [1.165, 1.54) is 21.3 Å². The third kappa shape index (κ3) is 4.27. The van der Waals surface area contributed by atoms with Crippen molar-refractivity contribution in [3.05, 3.63) is 35.3 Å². The molecule has 0 saturated heterocycles.